The number of hydrogen-bond acceptors (Lipinski definition) is 3. The topological polar surface area (TPSA) is 58.6 Å². The summed E-state index contributed by atoms with van der Waals surface area (Å²) in [6.07, 6.45) is 1.36. The highest BCUT2D eigenvalue weighted by atomic mass is 19.4. The first-order valence-electron chi connectivity index (χ1n) is 12.3. The van der Waals surface area contributed by atoms with E-state index in [0.717, 1.165) is 69.3 Å². The van der Waals surface area contributed by atoms with E-state index in [1.165, 1.54) is 12.1 Å². The number of alkyl halides is 3. The van der Waals surface area contributed by atoms with Crippen molar-refractivity contribution in [3.63, 3.8) is 0 Å². The minimum absolute atomic E-state index is 0.0552. The summed E-state index contributed by atoms with van der Waals surface area (Å²) < 4.78 is 45.3. The second kappa shape index (κ2) is 9.64. The molecule has 0 spiro atoms. The van der Waals surface area contributed by atoms with Gasteiger partial charge in [0.2, 0.25) is 5.91 Å². The Morgan fingerprint density at radius 1 is 1.00 bits per heavy atom. The third kappa shape index (κ3) is 5.22. The van der Waals surface area contributed by atoms with Gasteiger partial charge in [0.25, 0.3) is 5.91 Å². The number of amides is 2. The van der Waals surface area contributed by atoms with Crippen molar-refractivity contribution in [3.05, 3.63) is 65.2 Å². The van der Waals surface area contributed by atoms with Crippen molar-refractivity contribution < 1.29 is 27.5 Å². The van der Waals surface area contributed by atoms with E-state index in [2.05, 4.69) is 5.32 Å². The SMILES string of the molecule is O=C(Nc1cccc(C2CC3CN(C(=O)C4CCCC4)CCC3O2)c1)c1cccc(C(F)(F)F)c1. The molecule has 1 N–H and O–H groups in total. The number of carbonyl (C=O) groups excluding carboxylic acids is 2. The molecule has 2 aromatic rings. The van der Waals surface area contributed by atoms with Crippen LogP contribution in [0.3, 0.4) is 0 Å². The van der Waals surface area contributed by atoms with Gasteiger partial charge in [0.1, 0.15) is 0 Å². The van der Waals surface area contributed by atoms with Crippen molar-refractivity contribution in [3.8, 4) is 0 Å². The Bertz CT molecular complexity index is 1100. The number of nitrogens with one attached hydrogen (secondary N) is 1. The predicted octanol–water partition coefficient (Wildman–Crippen LogP) is 5.83. The van der Waals surface area contributed by atoms with Gasteiger partial charge in [-0.1, -0.05) is 31.0 Å². The van der Waals surface area contributed by atoms with Crippen molar-refractivity contribution in [2.45, 2.75) is 56.9 Å². The van der Waals surface area contributed by atoms with E-state index < -0.39 is 17.6 Å². The molecule has 0 aromatic heterocycles. The van der Waals surface area contributed by atoms with Crippen LogP contribution in [0.15, 0.2) is 48.5 Å². The molecular formula is C27H29F3N2O3. The number of likely N-dealkylation sites (tertiary alicyclic amines) is 1. The van der Waals surface area contributed by atoms with Gasteiger partial charge in [-0.05, 0) is 61.6 Å². The van der Waals surface area contributed by atoms with E-state index in [1.54, 1.807) is 12.1 Å². The first-order valence-corrected chi connectivity index (χ1v) is 12.3. The molecule has 2 amide bonds. The summed E-state index contributed by atoms with van der Waals surface area (Å²) in [5.74, 6) is 0.156. The molecule has 3 atom stereocenters. The van der Waals surface area contributed by atoms with Gasteiger partial charge in [-0.15, -0.1) is 0 Å². The van der Waals surface area contributed by atoms with Crippen LogP contribution in [0.2, 0.25) is 0 Å². The molecule has 0 bridgehead atoms. The molecule has 1 saturated carbocycles. The van der Waals surface area contributed by atoms with Crippen LogP contribution < -0.4 is 5.32 Å². The first-order chi connectivity index (χ1) is 16.8. The Morgan fingerprint density at radius 3 is 2.54 bits per heavy atom. The summed E-state index contributed by atoms with van der Waals surface area (Å²) in [5, 5.41) is 2.70. The van der Waals surface area contributed by atoms with Gasteiger partial charge in [0.05, 0.1) is 17.8 Å². The number of ether oxygens (including phenoxy) is 1. The minimum Gasteiger partial charge on any atom is -0.370 e. The molecule has 0 radical (unpaired) electrons. The monoisotopic (exact) mass is 486 g/mol. The fourth-order valence-electron chi connectivity index (χ4n) is 5.66. The molecule has 186 valence electrons. The molecule has 5 nitrogen and oxygen atoms in total. The van der Waals surface area contributed by atoms with Gasteiger partial charge in [0, 0.05) is 36.2 Å². The minimum atomic E-state index is -4.51. The molecular weight excluding hydrogens is 457 g/mol. The molecule has 2 aromatic carbocycles. The summed E-state index contributed by atoms with van der Waals surface area (Å²) in [6.45, 7) is 1.46. The molecule has 35 heavy (non-hydrogen) atoms. The van der Waals surface area contributed by atoms with E-state index in [-0.39, 0.29) is 29.6 Å². The van der Waals surface area contributed by atoms with E-state index >= 15 is 0 Å². The maximum absolute atomic E-state index is 13.0. The number of carbonyl (C=O) groups is 2. The van der Waals surface area contributed by atoms with E-state index in [4.69, 9.17) is 4.74 Å². The van der Waals surface area contributed by atoms with Crippen molar-refractivity contribution in [2.75, 3.05) is 18.4 Å². The second-order valence-electron chi connectivity index (χ2n) is 9.87. The average molecular weight is 487 g/mol. The van der Waals surface area contributed by atoms with Crippen molar-refractivity contribution >= 4 is 17.5 Å². The lowest BCUT2D eigenvalue weighted by atomic mass is 9.90. The van der Waals surface area contributed by atoms with Crippen LogP contribution in [-0.4, -0.2) is 35.9 Å². The van der Waals surface area contributed by atoms with Gasteiger partial charge in [0.15, 0.2) is 0 Å². The molecule has 1 aliphatic carbocycles. The number of rotatable bonds is 4. The van der Waals surface area contributed by atoms with Crippen LogP contribution in [0.5, 0.6) is 0 Å². The lowest BCUT2D eigenvalue weighted by Gasteiger charge is -2.35. The largest absolute Gasteiger partial charge is 0.416 e. The summed E-state index contributed by atoms with van der Waals surface area (Å²) >= 11 is 0. The lowest BCUT2D eigenvalue weighted by molar-refractivity contribution is -0.139. The standard InChI is InChI=1S/C27H29F3N2O3/c28-27(29,30)21-9-3-8-19(13-21)25(33)31-22-10-4-7-18(14-22)24-15-20-16-32(12-11-23(20)35-24)26(34)17-5-1-2-6-17/h3-4,7-10,13-14,17,20,23-24H,1-2,5-6,11-12,15-16H2,(H,31,33). The summed E-state index contributed by atoms with van der Waals surface area (Å²) in [4.78, 5) is 27.5. The van der Waals surface area contributed by atoms with Crippen molar-refractivity contribution in [2.24, 2.45) is 11.8 Å². The van der Waals surface area contributed by atoms with Gasteiger partial charge in [-0.3, -0.25) is 9.59 Å². The molecule has 8 heteroatoms. The maximum atomic E-state index is 13.0. The highest BCUT2D eigenvalue weighted by molar-refractivity contribution is 6.04. The highest BCUT2D eigenvalue weighted by Gasteiger charge is 2.42. The molecule has 3 unspecified atom stereocenters. The van der Waals surface area contributed by atoms with E-state index in [0.29, 0.717) is 11.6 Å². The summed E-state index contributed by atoms with van der Waals surface area (Å²) in [7, 11) is 0. The average Bonchev–Trinajstić information content (AvgIpc) is 3.53. The Balaban J connectivity index is 1.23. The maximum Gasteiger partial charge on any atom is 0.416 e. The van der Waals surface area contributed by atoms with E-state index in [9.17, 15) is 22.8 Å². The predicted molar refractivity (Wildman–Crippen MR) is 125 cm³/mol. The zero-order chi connectivity index (χ0) is 24.6. The van der Waals surface area contributed by atoms with Gasteiger partial charge < -0.3 is 15.0 Å². The van der Waals surface area contributed by atoms with Gasteiger partial charge >= 0.3 is 6.18 Å². The zero-order valence-electron chi connectivity index (χ0n) is 19.4. The van der Waals surface area contributed by atoms with Crippen LogP contribution in [0, 0.1) is 11.8 Å². The smallest absolute Gasteiger partial charge is 0.370 e. The lowest BCUT2D eigenvalue weighted by Crippen LogP contribution is -2.46. The van der Waals surface area contributed by atoms with Crippen LogP contribution in [0.1, 0.15) is 66.1 Å². The van der Waals surface area contributed by atoms with Crippen LogP contribution in [-0.2, 0) is 15.7 Å². The Hall–Kier alpha value is -2.87. The number of piperidine rings is 1. The number of halogens is 3. The molecule has 3 aliphatic rings. The Labute approximate surface area is 202 Å². The molecule has 2 aliphatic heterocycles. The van der Waals surface area contributed by atoms with Crippen molar-refractivity contribution in [1.82, 2.24) is 4.90 Å². The normalized spacial score (nSPS) is 24.9. The van der Waals surface area contributed by atoms with Gasteiger partial charge in [-0.2, -0.15) is 13.2 Å². The first kappa shape index (κ1) is 23.9. The molecule has 5 rings (SSSR count). The fourth-order valence-corrected chi connectivity index (χ4v) is 5.66. The Kier molecular flexibility index (Phi) is 6.57. The van der Waals surface area contributed by atoms with Crippen molar-refractivity contribution in [1.29, 1.82) is 0 Å². The number of fused-ring (bicyclic) bond motifs is 1. The summed E-state index contributed by atoms with van der Waals surface area (Å²) in [6, 6.07) is 11.6. The molecule has 2 saturated heterocycles. The fraction of sp³-hybridized carbons (Fsp3) is 0.481. The third-order valence-corrected chi connectivity index (χ3v) is 7.50. The zero-order valence-corrected chi connectivity index (χ0v) is 19.4. The highest BCUT2D eigenvalue weighted by Crippen LogP contribution is 2.42. The number of anilines is 1. The quantitative estimate of drug-likeness (QED) is 0.592. The van der Waals surface area contributed by atoms with Crippen LogP contribution >= 0.6 is 0 Å². The van der Waals surface area contributed by atoms with E-state index in [1.807, 2.05) is 17.0 Å². The summed E-state index contributed by atoms with van der Waals surface area (Å²) in [5.41, 5.74) is 0.498. The van der Waals surface area contributed by atoms with Crippen LogP contribution in [0.25, 0.3) is 0 Å². The molecule has 3 fully saturated rings. The number of hydrogen-bond donors (Lipinski definition) is 1. The molecule has 2 heterocycles. The Morgan fingerprint density at radius 2 is 1.77 bits per heavy atom. The number of nitrogens with zero attached hydrogens (tertiary/aromatic N) is 1. The van der Waals surface area contributed by atoms with Crippen LogP contribution in [0.4, 0.5) is 18.9 Å². The second-order valence-corrected chi connectivity index (χ2v) is 9.87. The third-order valence-electron chi connectivity index (χ3n) is 7.50. The number of benzene rings is 2. The van der Waals surface area contributed by atoms with Gasteiger partial charge in [-0.25, -0.2) is 0 Å².